The highest BCUT2D eigenvalue weighted by Gasteiger charge is 2.44. The predicted octanol–water partition coefficient (Wildman–Crippen LogP) is 4.54. The van der Waals surface area contributed by atoms with Crippen LogP contribution in [0.1, 0.15) is 44.1 Å². The fourth-order valence-electron chi connectivity index (χ4n) is 6.01. The number of nitrogens with zero attached hydrogens (tertiary/aromatic N) is 1. The Balaban J connectivity index is 1.26. The highest BCUT2D eigenvalue weighted by Crippen LogP contribution is 2.49. The van der Waals surface area contributed by atoms with Crippen LogP contribution in [0.5, 0.6) is 0 Å². The van der Waals surface area contributed by atoms with Crippen molar-refractivity contribution in [3.8, 4) is 0 Å². The predicted molar refractivity (Wildman–Crippen MR) is 96.2 cm³/mol. The molecule has 1 saturated heterocycles. The Morgan fingerprint density at radius 3 is 2.78 bits per heavy atom. The molecule has 1 spiro atoms. The first-order valence-corrected chi connectivity index (χ1v) is 9.86. The Morgan fingerprint density at radius 1 is 1.17 bits per heavy atom. The minimum atomic E-state index is 0.339. The zero-order chi connectivity index (χ0) is 15.4. The second kappa shape index (κ2) is 5.39. The third-order valence-corrected chi connectivity index (χ3v) is 7.60. The number of rotatable bonds is 2. The molecule has 2 nitrogen and oxygen atoms in total. The van der Waals surface area contributed by atoms with Crippen molar-refractivity contribution in [3.05, 3.63) is 28.8 Å². The molecule has 0 amide bonds. The molecule has 2 heterocycles. The highest BCUT2D eigenvalue weighted by atomic mass is 35.5. The summed E-state index contributed by atoms with van der Waals surface area (Å²) in [5.74, 6) is 3.14. The molecule has 3 heteroatoms. The van der Waals surface area contributed by atoms with Crippen molar-refractivity contribution in [3.63, 3.8) is 0 Å². The lowest BCUT2D eigenvalue weighted by molar-refractivity contribution is 0.129. The molecular weight excluding hydrogens is 304 g/mol. The van der Waals surface area contributed by atoms with E-state index in [0.29, 0.717) is 5.41 Å². The summed E-state index contributed by atoms with van der Waals surface area (Å²) in [5, 5.41) is 4.51. The summed E-state index contributed by atoms with van der Waals surface area (Å²) >= 11 is 6.27. The average molecular weight is 331 g/mol. The van der Waals surface area contributed by atoms with Crippen LogP contribution in [0.4, 0.5) is 5.69 Å². The van der Waals surface area contributed by atoms with Gasteiger partial charge in [0, 0.05) is 29.2 Å². The number of hydrogen-bond donors (Lipinski definition) is 1. The maximum Gasteiger partial charge on any atom is 0.0410 e. The van der Waals surface area contributed by atoms with Crippen LogP contribution in [0.15, 0.2) is 18.2 Å². The molecule has 23 heavy (non-hydrogen) atoms. The molecule has 2 bridgehead atoms. The molecule has 1 aromatic rings. The number of hydrogen-bond acceptors (Lipinski definition) is 2. The second-order valence-corrected chi connectivity index (χ2v) is 9.00. The number of halogens is 1. The summed E-state index contributed by atoms with van der Waals surface area (Å²) in [5.41, 5.74) is 3.13. The quantitative estimate of drug-likeness (QED) is 0.856. The normalized spacial score (nSPS) is 34.7. The fraction of sp³-hybridized carbons (Fsp3) is 0.700. The van der Waals surface area contributed by atoms with Crippen molar-refractivity contribution in [2.24, 2.45) is 17.8 Å². The molecule has 0 radical (unpaired) electrons. The van der Waals surface area contributed by atoms with Gasteiger partial charge in [0.1, 0.15) is 0 Å². The minimum absolute atomic E-state index is 0.339. The molecule has 3 atom stereocenters. The second-order valence-electron chi connectivity index (χ2n) is 8.56. The van der Waals surface area contributed by atoms with E-state index < -0.39 is 0 Å². The Kier molecular flexibility index (Phi) is 3.42. The van der Waals surface area contributed by atoms with E-state index in [9.17, 15) is 0 Å². The summed E-state index contributed by atoms with van der Waals surface area (Å²) < 4.78 is 0. The van der Waals surface area contributed by atoms with Gasteiger partial charge in [-0.2, -0.15) is 0 Å². The molecule has 2 aliphatic heterocycles. The van der Waals surface area contributed by atoms with Crippen LogP contribution in [0.25, 0.3) is 0 Å². The van der Waals surface area contributed by atoms with Gasteiger partial charge in [-0.25, -0.2) is 0 Å². The lowest BCUT2D eigenvalue weighted by atomic mass is 9.74. The van der Waals surface area contributed by atoms with Crippen LogP contribution >= 0.6 is 11.6 Å². The number of nitrogens with one attached hydrogen (secondary N) is 1. The number of anilines is 1. The van der Waals surface area contributed by atoms with Gasteiger partial charge >= 0.3 is 0 Å². The zero-order valence-corrected chi connectivity index (χ0v) is 14.6. The van der Waals surface area contributed by atoms with Crippen LogP contribution in [-0.4, -0.2) is 31.1 Å². The molecule has 0 aromatic heterocycles. The van der Waals surface area contributed by atoms with Crippen LogP contribution < -0.4 is 5.32 Å². The summed E-state index contributed by atoms with van der Waals surface area (Å²) in [7, 11) is 0. The first-order chi connectivity index (χ1) is 11.2. The molecule has 2 saturated carbocycles. The molecule has 3 fully saturated rings. The molecule has 2 aliphatic carbocycles. The van der Waals surface area contributed by atoms with Crippen molar-refractivity contribution in [1.82, 2.24) is 4.90 Å². The van der Waals surface area contributed by atoms with E-state index in [1.807, 2.05) is 6.07 Å². The van der Waals surface area contributed by atoms with Crippen molar-refractivity contribution >= 4 is 17.3 Å². The van der Waals surface area contributed by atoms with Crippen LogP contribution in [0, 0.1) is 17.8 Å². The van der Waals surface area contributed by atoms with Gasteiger partial charge < -0.3 is 10.2 Å². The zero-order valence-electron chi connectivity index (χ0n) is 13.9. The molecule has 1 aromatic carbocycles. The maximum atomic E-state index is 6.27. The number of likely N-dealkylation sites (tertiary alicyclic amines) is 1. The van der Waals surface area contributed by atoms with Gasteiger partial charge in [-0.15, -0.1) is 0 Å². The molecule has 124 valence electrons. The fourth-order valence-corrected chi connectivity index (χ4v) is 6.18. The largest absolute Gasteiger partial charge is 0.384 e. The first kappa shape index (κ1) is 14.6. The maximum absolute atomic E-state index is 6.27. The van der Waals surface area contributed by atoms with Crippen molar-refractivity contribution < 1.29 is 0 Å². The van der Waals surface area contributed by atoms with Crippen molar-refractivity contribution in [2.75, 3.05) is 31.5 Å². The van der Waals surface area contributed by atoms with E-state index in [1.165, 1.54) is 69.4 Å². The van der Waals surface area contributed by atoms with Crippen LogP contribution in [0.3, 0.4) is 0 Å². The highest BCUT2D eigenvalue weighted by molar-refractivity contribution is 6.30. The van der Waals surface area contributed by atoms with E-state index in [1.54, 1.807) is 0 Å². The summed E-state index contributed by atoms with van der Waals surface area (Å²) in [6.07, 6.45) is 8.67. The van der Waals surface area contributed by atoms with Crippen molar-refractivity contribution in [2.45, 2.75) is 43.9 Å². The Bertz CT molecular complexity index is 606. The first-order valence-electron chi connectivity index (χ1n) is 9.48. The van der Waals surface area contributed by atoms with Gasteiger partial charge in [-0.05, 0) is 86.7 Å². The van der Waals surface area contributed by atoms with Gasteiger partial charge in [0.2, 0.25) is 0 Å². The van der Waals surface area contributed by atoms with Gasteiger partial charge in [0.15, 0.2) is 0 Å². The van der Waals surface area contributed by atoms with Gasteiger partial charge in [0.05, 0.1) is 0 Å². The smallest absolute Gasteiger partial charge is 0.0410 e. The molecule has 5 rings (SSSR count). The Hall–Kier alpha value is -0.730. The van der Waals surface area contributed by atoms with E-state index in [-0.39, 0.29) is 0 Å². The summed E-state index contributed by atoms with van der Waals surface area (Å²) in [6, 6.07) is 6.38. The number of benzene rings is 1. The average Bonchev–Trinajstić information content (AvgIpc) is 3.25. The third kappa shape index (κ3) is 2.41. The molecule has 1 N–H and O–H groups in total. The Labute approximate surface area is 144 Å². The lowest BCUT2D eigenvalue weighted by Crippen LogP contribution is -2.45. The standard InChI is InChI=1S/C20H27ClN2/c21-17-3-4-19-18(11-17)20(13-22-19)5-7-23(8-6-20)12-16-10-14-1-2-15(16)9-14/h3-4,11,14-16,22H,1-2,5-10,12-13H2. The Morgan fingerprint density at radius 2 is 2.04 bits per heavy atom. The topological polar surface area (TPSA) is 15.3 Å². The third-order valence-electron chi connectivity index (χ3n) is 7.36. The SMILES string of the molecule is Clc1ccc2c(c1)C1(CCN(CC3CC4CCC3C4)CC1)CN2. The van der Waals surface area contributed by atoms with Gasteiger partial charge in [-0.3, -0.25) is 0 Å². The van der Waals surface area contributed by atoms with Gasteiger partial charge in [0.25, 0.3) is 0 Å². The lowest BCUT2D eigenvalue weighted by Gasteiger charge is -2.41. The van der Waals surface area contributed by atoms with E-state index >= 15 is 0 Å². The molecule has 4 aliphatic rings. The monoisotopic (exact) mass is 330 g/mol. The minimum Gasteiger partial charge on any atom is -0.384 e. The van der Waals surface area contributed by atoms with Crippen LogP contribution in [-0.2, 0) is 5.41 Å². The molecule has 3 unspecified atom stereocenters. The van der Waals surface area contributed by atoms with E-state index in [4.69, 9.17) is 11.6 Å². The molecular formula is C20H27ClN2. The van der Waals surface area contributed by atoms with E-state index in [2.05, 4.69) is 22.3 Å². The van der Waals surface area contributed by atoms with Gasteiger partial charge in [-0.1, -0.05) is 18.0 Å². The van der Waals surface area contributed by atoms with Crippen molar-refractivity contribution in [1.29, 1.82) is 0 Å². The van der Waals surface area contributed by atoms with Crippen LogP contribution in [0.2, 0.25) is 5.02 Å². The summed E-state index contributed by atoms with van der Waals surface area (Å²) in [6.45, 7) is 5.00. The number of piperidine rings is 1. The number of fused-ring (bicyclic) bond motifs is 4. The summed E-state index contributed by atoms with van der Waals surface area (Å²) in [4.78, 5) is 2.76. The van der Waals surface area contributed by atoms with E-state index in [0.717, 1.165) is 29.3 Å².